The zero-order valence-electron chi connectivity index (χ0n) is 20.5. The van der Waals surface area contributed by atoms with E-state index in [4.69, 9.17) is 9.47 Å². The van der Waals surface area contributed by atoms with Crippen LogP contribution in [0.2, 0.25) is 0 Å². The number of aryl methyl sites for hydroxylation is 2. The minimum Gasteiger partial charge on any atom is -0.504 e. The lowest BCUT2D eigenvalue weighted by Crippen LogP contribution is -2.14. The number of hydrogen-bond donors (Lipinski definition) is 2. The average Bonchev–Trinajstić information content (AvgIpc) is 2.90. The molecule has 0 spiro atoms. The predicted octanol–water partition coefficient (Wildman–Crippen LogP) is 4.81. The van der Waals surface area contributed by atoms with E-state index >= 15 is 0 Å². The summed E-state index contributed by atoms with van der Waals surface area (Å²) in [6.45, 7) is 0. The molecular weight excluding hydrogens is 478 g/mol. The summed E-state index contributed by atoms with van der Waals surface area (Å²) >= 11 is 0. The summed E-state index contributed by atoms with van der Waals surface area (Å²) < 4.78 is 10.2. The standard InChI is InChI=1S/C28H27NO8/c1-36-27-16-19(7-13-25(27)32)5-11-23(30)22(15-18-3-9-21(10-4-18)29(34)35)24(31)12-6-20-8-14-26(33)28(17-20)37-2/h3-4,7-10,13-17,32-33H,5-6,11-12H2,1-2H3. The second-order valence-corrected chi connectivity index (χ2v) is 8.27. The highest BCUT2D eigenvalue weighted by Gasteiger charge is 2.19. The molecule has 0 saturated heterocycles. The van der Waals surface area contributed by atoms with Crippen LogP contribution in [0.15, 0.2) is 66.2 Å². The summed E-state index contributed by atoms with van der Waals surface area (Å²) in [5.74, 6) is -0.217. The molecule has 0 heterocycles. The monoisotopic (exact) mass is 505 g/mol. The minimum atomic E-state index is -0.525. The van der Waals surface area contributed by atoms with Gasteiger partial charge < -0.3 is 19.7 Å². The first-order chi connectivity index (χ1) is 17.7. The predicted molar refractivity (Wildman–Crippen MR) is 137 cm³/mol. The van der Waals surface area contributed by atoms with Gasteiger partial charge in [-0.15, -0.1) is 0 Å². The number of benzene rings is 3. The van der Waals surface area contributed by atoms with Crippen LogP contribution < -0.4 is 9.47 Å². The van der Waals surface area contributed by atoms with Crippen molar-refractivity contribution in [2.24, 2.45) is 0 Å². The lowest BCUT2D eigenvalue weighted by atomic mass is 9.94. The van der Waals surface area contributed by atoms with Crippen LogP contribution >= 0.6 is 0 Å². The summed E-state index contributed by atoms with van der Waals surface area (Å²) in [7, 11) is 2.86. The lowest BCUT2D eigenvalue weighted by molar-refractivity contribution is -0.384. The molecule has 0 saturated carbocycles. The van der Waals surface area contributed by atoms with E-state index in [1.54, 1.807) is 24.3 Å². The highest BCUT2D eigenvalue weighted by atomic mass is 16.6. The number of carbonyl (C=O) groups is 2. The number of carbonyl (C=O) groups excluding carboxylic acids is 2. The van der Waals surface area contributed by atoms with E-state index in [0.29, 0.717) is 18.4 Å². The third-order valence-electron chi connectivity index (χ3n) is 5.79. The topological polar surface area (TPSA) is 136 Å². The zero-order valence-corrected chi connectivity index (χ0v) is 20.5. The normalized spacial score (nSPS) is 10.4. The number of rotatable bonds is 12. The summed E-state index contributed by atoms with van der Waals surface area (Å²) in [5.41, 5.74) is 1.88. The molecule has 0 unspecified atom stereocenters. The Morgan fingerprint density at radius 2 is 1.27 bits per heavy atom. The number of phenolic OH excluding ortho intramolecular Hbond substituents is 2. The van der Waals surface area contributed by atoms with Crippen molar-refractivity contribution in [1.29, 1.82) is 0 Å². The Bertz CT molecular complexity index is 1260. The van der Waals surface area contributed by atoms with Gasteiger partial charge in [0.05, 0.1) is 24.7 Å². The van der Waals surface area contributed by atoms with Crippen molar-refractivity contribution >= 4 is 23.3 Å². The number of ether oxygens (including phenoxy) is 2. The average molecular weight is 506 g/mol. The summed E-state index contributed by atoms with van der Waals surface area (Å²) in [5, 5.41) is 30.5. The molecule has 192 valence electrons. The van der Waals surface area contributed by atoms with E-state index in [9.17, 15) is 29.9 Å². The van der Waals surface area contributed by atoms with Crippen LogP contribution in [0.4, 0.5) is 5.69 Å². The fourth-order valence-corrected chi connectivity index (χ4v) is 3.72. The maximum Gasteiger partial charge on any atom is 0.269 e. The number of aromatic hydroxyl groups is 2. The van der Waals surface area contributed by atoms with Crippen molar-refractivity contribution < 1.29 is 34.2 Å². The Kier molecular flexibility index (Phi) is 8.99. The van der Waals surface area contributed by atoms with E-state index in [1.165, 1.54) is 56.7 Å². The third-order valence-corrected chi connectivity index (χ3v) is 5.79. The number of Topliss-reactive ketones (excluding diaryl/α,β-unsaturated/α-hetero) is 2. The molecule has 0 aliphatic heterocycles. The molecule has 0 radical (unpaired) electrons. The fourth-order valence-electron chi connectivity index (χ4n) is 3.72. The van der Waals surface area contributed by atoms with Gasteiger partial charge in [-0.05, 0) is 72.0 Å². The van der Waals surface area contributed by atoms with Gasteiger partial charge in [-0.3, -0.25) is 19.7 Å². The highest BCUT2D eigenvalue weighted by molar-refractivity contribution is 6.23. The first-order valence-corrected chi connectivity index (χ1v) is 11.5. The molecule has 0 aliphatic rings. The summed E-state index contributed by atoms with van der Waals surface area (Å²) in [6, 6.07) is 15.1. The maximum atomic E-state index is 13.2. The molecule has 9 heteroatoms. The van der Waals surface area contributed by atoms with Crippen molar-refractivity contribution in [3.05, 3.63) is 93.0 Å². The van der Waals surface area contributed by atoms with Crippen LogP contribution in [0.1, 0.15) is 29.5 Å². The SMILES string of the molecule is COc1cc(CCC(=O)C(=Cc2ccc([N+](=O)[O-])cc2)C(=O)CCc2ccc(O)c(OC)c2)ccc1O. The number of phenols is 2. The Labute approximate surface area is 213 Å². The van der Waals surface area contributed by atoms with Crippen LogP contribution in [0.3, 0.4) is 0 Å². The van der Waals surface area contributed by atoms with Gasteiger partial charge in [-0.1, -0.05) is 12.1 Å². The maximum absolute atomic E-state index is 13.2. The largest absolute Gasteiger partial charge is 0.504 e. The van der Waals surface area contributed by atoms with E-state index in [-0.39, 0.29) is 58.7 Å². The number of ketones is 2. The van der Waals surface area contributed by atoms with Crippen molar-refractivity contribution in [3.63, 3.8) is 0 Å². The Hall–Kier alpha value is -4.66. The molecule has 0 amide bonds. The van der Waals surface area contributed by atoms with E-state index in [0.717, 1.165) is 11.1 Å². The van der Waals surface area contributed by atoms with E-state index in [1.807, 2.05) is 0 Å². The van der Waals surface area contributed by atoms with Crippen LogP contribution in [0.5, 0.6) is 23.0 Å². The Morgan fingerprint density at radius 3 is 1.68 bits per heavy atom. The molecule has 37 heavy (non-hydrogen) atoms. The Morgan fingerprint density at radius 1 is 0.811 bits per heavy atom. The van der Waals surface area contributed by atoms with E-state index in [2.05, 4.69) is 0 Å². The third kappa shape index (κ3) is 7.17. The number of hydrogen-bond acceptors (Lipinski definition) is 8. The highest BCUT2D eigenvalue weighted by Crippen LogP contribution is 2.28. The molecule has 2 N–H and O–H groups in total. The first-order valence-electron chi connectivity index (χ1n) is 11.5. The second-order valence-electron chi connectivity index (χ2n) is 8.27. The van der Waals surface area contributed by atoms with Gasteiger partial charge in [0, 0.05) is 25.0 Å². The van der Waals surface area contributed by atoms with Gasteiger partial charge in [0.15, 0.2) is 34.6 Å². The molecule has 0 aromatic heterocycles. The van der Waals surface area contributed by atoms with Crippen molar-refractivity contribution in [2.75, 3.05) is 14.2 Å². The zero-order chi connectivity index (χ0) is 26.9. The fraction of sp³-hybridized carbons (Fsp3) is 0.214. The van der Waals surface area contributed by atoms with Crippen LogP contribution in [-0.4, -0.2) is 40.9 Å². The number of non-ortho nitro benzene ring substituents is 1. The molecule has 3 aromatic carbocycles. The van der Waals surface area contributed by atoms with Crippen molar-refractivity contribution in [2.45, 2.75) is 25.7 Å². The molecule has 9 nitrogen and oxygen atoms in total. The molecule has 3 rings (SSSR count). The minimum absolute atomic E-state index is 0.00894. The summed E-state index contributed by atoms with van der Waals surface area (Å²) in [6.07, 6.45) is 2.14. The van der Waals surface area contributed by atoms with Gasteiger partial charge in [0.2, 0.25) is 0 Å². The molecule has 0 atom stereocenters. The molecule has 0 aliphatic carbocycles. The summed E-state index contributed by atoms with van der Waals surface area (Å²) in [4.78, 5) is 36.8. The van der Waals surface area contributed by atoms with Gasteiger partial charge in [0.25, 0.3) is 5.69 Å². The lowest BCUT2D eigenvalue weighted by Gasteiger charge is -2.10. The van der Waals surface area contributed by atoms with Crippen LogP contribution in [0, 0.1) is 10.1 Å². The van der Waals surface area contributed by atoms with Gasteiger partial charge in [0.1, 0.15) is 0 Å². The van der Waals surface area contributed by atoms with Crippen molar-refractivity contribution in [3.8, 4) is 23.0 Å². The van der Waals surface area contributed by atoms with E-state index < -0.39 is 4.92 Å². The van der Waals surface area contributed by atoms with Crippen LogP contribution in [0.25, 0.3) is 6.08 Å². The number of methoxy groups -OCH3 is 2. The van der Waals surface area contributed by atoms with Crippen molar-refractivity contribution in [1.82, 2.24) is 0 Å². The first kappa shape index (κ1) is 26.9. The quantitative estimate of drug-likeness (QED) is 0.118. The number of nitro groups is 1. The number of nitrogens with zero attached hydrogens (tertiary/aromatic N) is 1. The van der Waals surface area contributed by atoms with Gasteiger partial charge in [-0.25, -0.2) is 0 Å². The molecule has 0 bridgehead atoms. The molecule has 0 fully saturated rings. The molecule has 3 aromatic rings. The smallest absolute Gasteiger partial charge is 0.269 e. The van der Waals surface area contributed by atoms with Gasteiger partial charge in [-0.2, -0.15) is 0 Å². The molecular formula is C28H27NO8. The Balaban J connectivity index is 1.81. The number of allylic oxidation sites excluding steroid dienone is 1. The number of nitro benzene ring substituents is 1. The van der Waals surface area contributed by atoms with Gasteiger partial charge >= 0.3 is 0 Å². The second kappa shape index (κ2) is 12.3. The van der Waals surface area contributed by atoms with Crippen LogP contribution in [-0.2, 0) is 22.4 Å².